The van der Waals surface area contributed by atoms with Crippen LogP contribution in [-0.4, -0.2) is 29.9 Å². The fraction of sp³-hybridized carbons (Fsp3) is 0.300. The summed E-state index contributed by atoms with van der Waals surface area (Å²) in [7, 11) is -2.10. The van der Waals surface area contributed by atoms with Crippen molar-refractivity contribution in [2.45, 2.75) is 38.1 Å². The maximum Gasteiger partial charge on any atom is 0.339 e. The molecule has 1 aliphatic rings. The fourth-order valence-corrected chi connectivity index (χ4v) is 4.74. The molecule has 146 valence electrons. The first-order valence-corrected chi connectivity index (χ1v) is 10.4. The third-order valence-electron chi connectivity index (χ3n) is 5.18. The summed E-state index contributed by atoms with van der Waals surface area (Å²) in [5.74, 6) is 0.986. The summed E-state index contributed by atoms with van der Waals surface area (Å²) in [6.45, 7) is 5.33. The van der Waals surface area contributed by atoms with Gasteiger partial charge in [0.2, 0.25) is 5.91 Å². The van der Waals surface area contributed by atoms with Crippen molar-refractivity contribution in [1.82, 2.24) is 9.55 Å². The van der Waals surface area contributed by atoms with Gasteiger partial charge in [0.1, 0.15) is 16.5 Å². The fourth-order valence-electron chi connectivity index (χ4n) is 3.77. The molecule has 8 heteroatoms. The number of rotatable bonds is 3. The van der Waals surface area contributed by atoms with Crippen LogP contribution < -0.4 is 9.08 Å². The van der Waals surface area contributed by atoms with E-state index in [-0.39, 0.29) is 22.6 Å². The molecule has 0 radical (unpaired) electrons. The molecule has 28 heavy (non-hydrogen) atoms. The smallest absolute Gasteiger partial charge is 0.339 e. The highest BCUT2D eigenvalue weighted by atomic mass is 32.2. The van der Waals surface area contributed by atoms with E-state index >= 15 is 0 Å². The van der Waals surface area contributed by atoms with Gasteiger partial charge >= 0.3 is 10.1 Å². The normalized spacial score (nSPS) is 16.4. The van der Waals surface area contributed by atoms with Crippen LogP contribution in [0, 0.1) is 6.92 Å². The van der Waals surface area contributed by atoms with E-state index < -0.39 is 10.1 Å². The zero-order chi connectivity index (χ0) is 20.2. The lowest BCUT2D eigenvalue weighted by Gasteiger charge is -2.20. The summed E-state index contributed by atoms with van der Waals surface area (Å²) in [6.07, 6.45) is 0.609. The van der Waals surface area contributed by atoms with Gasteiger partial charge in [-0.3, -0.25) is 4.79 Å². The SMILES string of the molecule is CC(=O)N1c2ccc(S(=O)(=O)Oc3ccc4c(c3)nc(C)n4C)cc2CC1C. The number of fused-ring (bicyclic) bond motifs is 2. The van der Waals surface area contributed by atoms with Gasteiger partial charge in [-0.1, -0.05) is 0 Å². The number of aryl methyl sites for hydroxylation is 2. The van der Waals surface area contributed by atoms with Gasteiger partial charge in [0.15, 0.2) is 0 Å². The van der Waals surface area contributed by atoms with Gasteiger partial charge in [-0.2, -0.15) is 8.42 Å². The molecule has 2 aromatic carbocycles. The van der Waals surface area contributed by atoms with Crippen molar-refractivity contribution in [3.8, 4) is 5.75 Å². The van der Waals surface area contributed by atoms with Crippen LogP contribution in [0.4, 0.5) is 5.69 Å². The summed E-state index contributed by atoms with van der Waals surface area (Å²) in [4.78, 5) is 18.0. The van der Waals surface area contributed by atoms with E-state index in [1.165, 1.54) is 13.0 Å². The second kappa shape index (κ2) is 6.34. The van der Waals surface area contributed by atoms with Gasteiger partial charge in [0.25, 0.3) is 0 Å². The van der Waals surface area contributed by atoms with E-state index in [9.17, 15) is 13.2 Å². The molecule has 1 aromatic heterocycles. The van der Waals surface area contributed by atoms with Crippen LogP contribution in [0.15, 0.2) is 41.3 Å². The van der Waals surface area contributed by atoms with E-state index in [1.54, 1.807) is 35.2 Å². The Labute approximate surface area is 163 Å². The molecule has 1 amide bonds. The monoisotopic (exact) mass is 399 g/mol. The third-order valence-corrected chi connectivity index (χ3v) is 6.42. The molecule has 4 rings (SSSR count). The van der Waals surface area contributed by atoms with Crippen molar-refractivity contribution in [1.29, 1.82) is 0 Å². The summed E-state index contributed by atoms with van der Waals surface area (Å²) in [5, 5.41) is 0. The molecule has 0 saturated carbocycles. The molecule has 0 saturated heterocycles. The van der Waals surface area contributed by atoms with E-state index in [0.717, 1.165) is 22.6 Å². The van der Waals surface area contributed by atoms with Gasteiger partial charge in [-0.15, -0.1) is 0 Å². The zero-order valence-corrected chi connectivity index (χ0v) is 16.9. The van der Waals surface area contributed by atoms with Crippen LogP contribution in [0.2, 0.25) is 0 Å². The minimum absolute atomic E-state index is 0.00109. The highest BCUT2D eigenvalue weighted by Crippen LogP contribution is 2.34. The van der Waals surface area contributed by atoms with E-state index in [4.69, 9.17) is 4.18 Å². The molecule has 0 N–H and O–H groups in total. The van der Waals surface area contributed by atoms with Gasteiger partial charge < -0.3 is 13.7 Å². The Morgan fingerprint density at radius 2 is 1.96 bits per heavy atom. The van der Waals surface area contributed by atoms with Crippen molar-refractivity contribution in [3.63, 3.8) is 0 Å². The van der Waals surface area contributed by atoms with Crippen molar-refractivity contribution < 1.29 is 17.4 Å². The Bertz CT molecular complexity index is 1210. The Balaban J connectivity index is 1.66. The van der Waals surface area contributed by atoms with E-state index in [2.05, 4.69) is 4.98 Å². The molecular formula is C20H21N3O4S. The minimum atomic E-state index is -4.00. The number of anilines is 1. The topological polar surface area (TPSA) is 81.5 Å². The van der Waals surface area contributed by atoms with Crippen molar-refractivity contribution in [3.05, 3.63) is 47.8 Å². The van der Waals surface area contributed by atoms with Gasteiger partial charge in [0, 0.05) is 31.8 Å². The number of imidazole rings is 1. The van der Waals surface area contributed by atoms with Crippen LogP contribution in [0.1, 0.15) is 25.2 Å². The number of carbonyl (C=O) groups excluding carboxylic acids is 1. The van der Waals surface area contributed by atoms with Crippen LogP contribution in [0.25, 0.3) is 11.0 Å². The van der Waals surface area contributed by atoms with Crippen molar-refractivity contribution in [2.24, 2.45) is 7.05 Å². The van der Waals surface area contributed by atoms with E-state index in [0.29, 0.717) is 11.9 Å². The minimum Gasteiger partial charge on any atom is -0.379 e. The van der Waals surface area contributed by atoms with Crippen LogP contribution in [-0.2, 0) is 28.4 Å². The lowest BCUT2D eigenvalue weighted by atomic mass is 10.1. The Hall–Kier alpha value is -2.87. The Kier molecular flexibility index (Phi) is 4.19. The lowest BCUT2D eigenvalue weighted by Crippen LogP contribution is -2.33. The number of aromatic nitrogens is 2. The molecule has 0 fully saturated rings. The van der Waals surface area contributed by atoms with Gasteiger partial charge in [0.05, 0.1) is 11.0 Å². The molecule has 0 aliphatic carbocycles. The summed E-state index contributed by atoms with van der Waals surface area (Å²) < 4.78 is 32.8. The molecule has 1 unspecified atom stereocenters. The standard InChI is InChI=1S/C20H21N3O4S/c1-12-9-15-10-17(6-8-19(15)23(12)14(3)24)28(25,26)27-16-5-7-20-18(11-16)21-13(2)22(20)4/h5-8,10-12H,9H2,1-4H3. The molecule has 1 atom stereocenters. The number of amides is 1. The molecule has 2 heterocycles. The number of hydrogen-bond donors (Lipinski definition) is 0. The van der Waals surface area contributed by atoms with Crippen LogP contribution >= 0.6 is 0 Å². The largest absolute Gasteiger partial charge is 0.379 e. The first kappa shape index (κ1) is 18.5. The predicted octanol–water partition coefficient (Wildman–Crippen LogP) is 2.95. The average Bonchev–Trinajstić information content (AvgIpc) is 3.09. The highest BCUT2D eigenvalue weighted by Gasteiger charge is 2.30. The van der Waals surface area contributed by atoms with Crippen molar-refractivity contribution >= 4 is 32.7 Å². The first-order valence-electron chi connectivity index (χ1n) is 8.97. The molecule has 1 aliphatic heterocycles. The maximum absolute atomic E-state index is 12.8. The molecule has 7 nitrogen and oxygen atoms in total. The molecule has 0 bridgehead atoms. The summed E-state index contributed by atoms with van der Waals surface area (Å²) in [5.41, 5.74) is 3.15. The highest BCUT2D eigenvalue weighted by molar-refractivity contribution is 7.87. The summed E-state index contributed by atoms with van der Waals surface area (Å²) >= 11 is 0. The van der Waals surface area contributed by atoms with Crippen LogP contribution in [0.3, 0.4) is 0 Å². The number of carbonyl (C=O) groups is 1. The second-order valence-electron chi connectivity index (χ2n) is 7.14. The van der Waals surface area contributed by atoms with Crippen molar-refractivity contribution in [2.75, 3.05) is 4.90 Å². The average molecular weight is 399 g/mol. The van der Waals surface area contributed by atoms with Crippen LogP contribution in [0.5, 0.6) is 5.75 Å². The number of hydrogen-bond acceptors (Lipinski definition) is 5. The Morgan fingerprint density at radius 1 is 1.21 bits per heavy atom. The number of nitrogens with zero attached hydrogens (tertiary/aromatic N) is 3. The van der Waals surface area contributed by atoms with Gasteiger partial charge in [-0.05, 0) is 56.2 Å². The molecular weight excluding hydrogens is 378 g/mol. The quantitative estimate of drug-likeness (QED) is 0.633. The number of benzene rings is 2. The third kappa shape index (κ3) is 2.93. The first-order chi connectivity index (χ1) is 13.2. The lowest BCUT2D eigenvalue weighted by molar-refractivity contribution is -0.116. The Morgan fingerprint density at radius 3 is 2.68 bits per heavy atom. The predicted molar refractivity (Wildman–Crippen MR) is 106 cm³/mol. The van der Waals surface area contributed by atoms with Gasteiger partial charge in [-0.25, -0.2) is 4.98 Å². The molecule has 0 spiro atoms. The zero-order valence-electron chi connectivity index (χ0n) is 16.1. The summed E-state index contributed by atoms with van der Waals surface area (Å²) in [6, 6.07) is 9.76. The second-order valence-corrected chi connectivity index (χ2v) is 8.69. The maximum atomic E-state index is 12.8. The molecule has 3 aromatic rings. The van der Waals surface area contributed by atoms with E-state index in [1.807, 2.05) is 25.5 Å².